The average Bonchev–Trinajstić information content (AvgIpc) is 2.91. The van der Waals surface area contributed by atoms with E-state index in [-0.39, 0.29) is 11.9 Å². The molecular formula is C22H27NO3. The van der Waals surface area contributed by atoms with Gasteiger partial charge in [-0.25, -0.2) is 0 Å². The van der Waals surface area contributed by atoms with Gasteiger partial charge in [0, 0.05) is 12.8 Å². The molecule has 0 aromatic heterocycles. The highest BCUT2D eigenvalue weighted by Crippen LogP contribution is 2.32. The number of hydrogen-bond acceptors (Lipinski definition) is 3. The van der Waals surface area contributed by atoms with E-state index in [1.54, 1.807) is 0 Å². The van der Waals surface area contributed by atoms with Crippen LogP contribution in [0.25, 0.3) is 0 Å². The largest absolute Gasteiger partial charge is 0.490 e. The van der Waals surface area contributed by atoms with Gasteiger partial charge in [0.1, 0.15) is 0 Å². The molecule has 1 amide bonds. The van der Waals surface area contributed by atoms with Crippen molar-refractivity contribution < 1.29 is 14.3 Å². The molecule has 4 heteroatoms. The molecule has 138 valence electrons. The van der Waals surface area contributed by atoms with E-state index in [1.807, 2.05) is 25.1 Å². The minimum absolute atomic E-state index is 0.0594. The zero-order valence-corrected chi connectivity index (χ0v) is 15.6. The van der Waals surface area contributed by atoms with Gasteiger partial charge in [0.05, 0.1) is 19.3 Å². The van der Waals surface area contributed by atoms with Crippen LogP contribution in [-0.2, 0) is 17.6 Å². The molecule has 0 fully saturated rings. The van der Waals surface area contributed by atoms with E-state index < -0.39 is 0 Å². The summed E-state index contributed by atoms with van der Waals surface area (Å²) in [6, 6.07) is 14.3. The third kappa shape index (κ3) is 4.78. The maximum atomic E-state index is 12.3. The van der Waals surface area contributed by atoms with Crippen LogP contribution in [0, 0.1) is 0 Å². The van der Waals surface area contributed by atoms with Gasteiger partial charge in [-0.2, -0.15) is 0 Å². The molecule has 0 saturated carbocycles. The molecule has 1 aliphatic heterocycles. The lowest BCUT2D eigenvalue weighted by Gasteiger charge is -2.16. The highest BCUT2D eigenvalue weighted by molar-refractivity contribution is 5.76. The number of benzene rings is 2. The summed E-state index contributed by atoms with van der Waals surface area (Å²) in [4.78, 5) is 12.3. The molecule has 2 aromatic rings. The SMILES string of the molecule is CCc1ccc(CCC(=O)NC(C)c2ccc3c(c2)OCCCO3)cc1. The van der Waals surface area contributed by atoms with Crippen molar-refractivity contribution in [2.75, 3.05) is 13.2 Å². The number of carbonyl (C=O) groups excluding carboxylic acids is 1. The predicted molar refractivity (Wildman–Crippen MR) is 103 cm³/mol. The lowest BCUT2D eigenvalue weighted by molar-refractivity contribution is -0.121. The highest BCUT2D eigenvalue weighted by atomic mass is 16.5. The Morgan fingerprint density at radius 2 is 1.73 bits per heavy atom. The van der Waals surface area contributed by atoms with E-state index >= 15 is 0 Å². The average molecular weight is 353 g/mol. The number of nitrogens with one attached hydrogen (secondary N) is 1. The van der Waals surface area contributed by atoms with Crippen LogP contribution in [0.5, 0.6) is 11.5 Å². The van der Waals surface area contributed by atoms with Crippen molar-refractivity contribution in [3.05, 3.63) is 59.2 Å². The van der Waals surface area contributed by atoms with E-state index in [2.05, 4.69) is 36.5 Å². The van der Waals surface area contributed by atoms with Crippen molar-refractivity contribution in [2.45, 2.75) is 45.6 Å². The van der Waals surface area contributed by atoms with Gasteiger partial charge >= 0.3 is 0 Å². The Kier molecular flexibility index (Phi) is 6.16. The molecule has 3 rings (SSSR count). The summed E-state index contributed by atoms with van der Waals surface area (Å²) in [7, 11) is 0. The lowest BCUT2D eigenvalue weighted by atomic mass is 10.0. The van der Waals surface area contributed by atoms with Crippen molar-refractivity contribution in [3.8, 4) is 11.5 Å². The molecule has 0 aliphatic carbocycles. The van der Waals surface area contributed by atoms with Crippen LogP contribution in [0.3, 0.4) is 0 Å². The van der Waals surface area contributed by atoms with Crippen molar-refractivity contribution in [2.24, 2.45) is 0 Å². The number of rotatable bonds is 6. The van der Waals surface area contributed by atoms with Crippen LogP contribution >= 0.6 is 0 Å². The molecule has 4 nitrogen and oxygen atoms in total. The maximum Gasteiger partial charge on any atom is 0.220 e. The van der Waals surface area contributed by atoms with Gasteiger partial charge in [-0.05, 0) is 48.6 Å². The summed E-state index contributed by atoms with van der Waals surface area (Å²) in [6.07, 6.45) is 3.16. The molecule has 1 heterocycles. The fourth-order valence-corrected chi connectivity index (χ4v) is 3.05. The lowest BCUT2D eigenvalue weighted by Crippen LogP contribution is -2.26. The second-order valence-electron chi connectivity index (χ2n) is 6.72. The van der Waals surface area contributed by atoms with Crippen LogP contribution < -0.4 is 14.8 Å². The normalized spacial score (nSPS) is 14.4. The molecule has 1 N–H and O–H groups in total. The smallest absolute Gasteiger partial charge is 0.220 e. The summed E-state index contributed by atoms with van der Waals surface area (Å²) < 4.78 is 11.4. The number of aryl methyl sites for hydroxylation is 2. The van der Waals surface area contributed by atoms with Gasteiger partial charge in [-0.15, -0.1) is 0 Å². The molecule has 0 bridgehead atoms. The third-order valence-electron chi connectivity index (χ3n) is 4.72. The fraction of sp³-hybridized carbons (Fsp3) is 0.409. The molecular weight excluding hydrogens is 326 g/mol. The number of fused-ring (bicyclic) bond motifs is 1. The summed E-state index contributed by atoms with van der Waals surface area (Å²) in [5.74, 6) is 1.60. The number of amides is 1. The van der Waals surface area contributed by atoms with Crippen molar-refractivity contribution in [1.82, 2.24) is 5.32 Å². The Hall–Kier alpha value is -2.49. The Balaban J connectivity index is 1.54. The molecule has 0 spiro atoms. The predicted octanol–water partition coefficient (Wildman–Crippen LogP) is 4.22. The minimum Gasteiger partial charge on any atom is -0.490 e. The quantitative estimate of drug-likeness (QED) is 0.846. The van der Waals surface area contributed by atoms with Crippen LogP contribution in [0.15, 0.2) is 42.5 Å². The monoisotopic (exact) mass is 353 g/mol. The number of ether oxygens (including phenoxy) is 2. The number of carbonyl (C=O) groups is 1. The van der Waals surface area contributed by atoms with E-state index in [9.17, 15) is 4.79 Å². The van der Waals surface area contributed by atoms with Crippen LogP contribution in [0.2, 0.25) is 0 Å². The molecule has 1 atom stereocenters. The van der Waals surface area contributed by atoms with Crippen LogP contribution in [-0.4, -0.2) is 19.1 Å². The summed E-state index contributed by atoms with van der Waals surface area (Å²) in [5, 5.41) is 3.08. The van der Waals surface area contributed by atoms with E-state index in [1.165, 1.54) is 11.1 Å². The Morgan fingerprint density at radius 1 is 1.04 bits per heavy atom. The van der Waals surface area contributed by atoms with Crippen LogP contribution in [0.1, 0.15) is 49.4 Å². The molecule has 1 aliphatic rings. The van der Waals surface area contributed by atoms with Gasteiger partial charge in [-0.3, -0.25) is 4.79 Å². The van der Waals surface area contributed by atoms with Crippen molar-refractivity contribution in [1.29, 1.82) is 0 Å². The minimum atomic E-state index is -0.0675. The standard InChI is InChI=1S/C22H27NO3/c1-3-17-5-7-18(8-6-17)9-12-22(24)23-16(2)19-10-11-20-21(15-19)26-14-4-13-25-20/h5-8,10-11,15-16H,3-4,9,12-14H2,1-2H3,(H,23,24). The number of hydrogen-bond donors (Lipinski definition) is 1. The third-order valence-corrected chi connectivity index (χ3v) is 4.72. The molecule has 1 unspecified atom stereocenters. The van der Waals surface area contributed by atoms with E-state index in [0.717, 1.165) is 36.3 Å². The summed E-state index contributed by atoms with van der Waals surface area (Å²) >= 11 is 0. The van der Waals surface area contributed by atoms with Gasteiger partial charge in [-0.1, -0.05) is 37.3 Å². The van der Waals surface area contributed by atoms with E-state index in [0.29, 0.717) is 19.6 Å². The zero-order valence-electron chi connectivity index (χ0n) is 15.6. The van der Waals surface area contributed by atoms with Crippen molar-refractivity contribution >= 4 is 5.91 Å². The van der Waals surface area contributed by atoms with Crippen LogP contribution in [0.4, 0.5) is 0 Å². The summed E-state index contributed by atoms with van der Waals surface area (Å²) in [6.45, 7) is 5.47. The first-order valence-electron chi connectivity index (χ1n) is 9.42. The van der Waals surface area contributed by atoms with Crippen molar-refractivity contribution in [3.63, 3.8) is 0 Å². The second kappa shape index (κ2) is 8.75. The Labute approximate surface area is 155 Å². The highest BCUT2D eigenvalue weighted by Gasteiger charge is 2.15. The first-order chi connectivity index (χ1) is 12.7. The second-order valence-corrected chi connectivity index (χ2v) is 6.72. The topological polar surface area (TPSA) is 47.6 Å². The first-order valence-corrected chi connectivity index (χ1v) is 9.42. The molecule has 0 saturated heterocycles. The fourth-order valence-electron chi connectivity index (χ4n) is 3.05. The van der Waals surface area contributed by atoms with Gasteiger partial charge in [0.2, 0.25) is 5.91 Å². The molecule has 26 heavy (non-hydrogen) atoms. The first kappa shape index (κ1) is 18.3. The van der Waals surface area contributed by atoms with Gasteiger partial charge in [0.15, 0.2) is 11.5 Å². The Bertz CT molecular complexity index is 740. The molecule has 2 aromatic carbocycles. The van der Waals surface area contributed by atoms with Gasteiger partial charge in [0.25, 0.3) is 0 Å². The maximum absolute atomic E-state index is 12.3. The summed E-state index contributed by atoms with van der Waals surface area (Å²) in [5.41, 5.74) is 3.54. The van der Waals surface area contributed by atoms with E-state index in [4.69, 9.17) is 9.47 Å². The zero-order chi connectivity index (χ0) is 18.4. The Morgan fingerprint density at radius 3 is 2.46 bits per heavy atom. The van der Waals surface area contributed by atoms with Gasteiger partial charge < -0.3 is 14.8 Å². The molecule has 0 radical (unpaired) electrons.